The third-order valence-corrected chi connectivity index (χ3v) is 9.01. The molecule has 3 N–H and O–H groups in total. The van der Waals surface area contributed by atoms with Crippen LogP contribution in [0.5, 0.6) is 0 Å². The molecule has 132 valence electrons. The molecule has 3 nitrogen and oxygen atoms in total. The summed E-state index contributed by atoms with van der Waals surface area (Å²) in [6.07, 6.45) is 7.19. The third kappa shape index (κ3) is 3.59. The van der Waals surface area contributed by atoms with Gasteiger partial charge in [0, 0.05) is 34.5 Å². The van der Waals surface area contributed by atoms with E-state index in [9.17, 15) is 9.11 Å². The minimum Gasteiger partial charge on any atom is -0.360 e. The second-order valence-corrected chi connectivity index (χ2v) is 14.7. The highest BCUT2D eigenvalue weighted by molar-refractivity contribution is 8.55. The van der Waals surface area contributed by atoms with E-state index in [0.29, 0.717) is 5.75 Å². The van der Waals surface area contributed by atoms with Crippen LogP contribution in [-0.4, -0.2) is 27.4 Å². The van der Waals surface area contributed by atoms with Crippen molar-refractivity contribution in [2.75, 3.05) is 23.6 Å². The van der Waals surface area contributed by atoms with Gasteiger partial charge in [0.1, 0.15) is 0 Å². The van der Waals surface area contributed by atoms with Gasteiger partial charge in [0.15, 0.2) is 0 Å². The molecule has 1 aromatic carbocycles. The number of hydrogen-bond acceptors (Lipinski definition) is 3. The zero-order valence-corrected chi connectivity index (χ0v) is 16.1. The van der Waals surface area contributed by atoms with Crippen molar-refractivity contribution in [2.45, 2.75) is 51.3 Å². The van der Waals surface area contributed by atoms with Crippen LogP contribution in [0, 0.1) is 5.41 Å². The van der Waals surface area contributed by atoms with Crippen LogP contribution in [0.2, 0.25) is 0 Å². The Balaban J connectivity index is 2.63. The third-order valence-electron chi connectivity index (χ3n) is 5.43. The lowest BCUT2D eigenvalue weighted by molar-refractivity contribution is 0.266. The SMILES string of the molecule is C=C(C)Nc1ccc2c(c1)CCC(CC)(CC)CS2(C)(C)(O)O. The van der Waals surface area contributed by atoms with Gasteiger partial charge in [-0.25, -0.2) is 0 Å². The first-order valence-corrected chi connectivity index (χ1v) is 11.8. The quantitative estimate of drug-likeness (QED) is 0.647. The first-order valence-electron chi connectivity index (χ1n) is 8.45. The maximum Gasteiger partial charge on any atom is 0.0385 e. The van der Waals surface area contributed by atoms with E-state index in [-0.39, 0.29) is 5.41 Å². The zero-order valence-electron chi connectivity index (χ0n) is 15.3. The van der Waals surface area contributed by atoms with Crippen LogP contribution in [0.25, 0.3) is 0 Å². The Bertz CT molecular complexity index is 638. The standard InChI is InChI=1S/C19H33NO2S/c1-7-19(8-2)12-11-16-13-17(20-15(3)4)9-10-18(16)23(5,6,21,22)14-19/h9-10,13,20-22H,3,7-8,11-12,14H2,1-2,4-6H3. The number of allylic oxidation sites excluding steroid dienone is 1. The van der Waals surface area contributed by atoms with Gasteiger partial charge in [-0.2, -0.15) is 0 Å². The lowest BCUT2D eigenvalue weighted by atomic mass is 9.79. The summed E-state index contributed by atoms with van der Waals surface area (Å²) in [6.45, 7) is 10.1. The van der Waals surface area contributed by atoms with Crippen molar-refractivity contribution in [3.05, 3.63) is 36.0 Å². The van der Waals surface area contributed by atoms with Gasteiger partial charge in [-0.1, -0.05) is 20.4 Å². The molecule has 0 radical (unpaired) electrons. The van der Waals surface area contributed by atoms with Crippen LogP contribution in [-0.2, 0) is 6.42 Å². The molecule has 23 heavy (non-hydrogen) atoms. The largest absolute Gasteiger partial charge is 0.360 e. The summed E-state index contributed by atoms with van der Waals surface area (Å²) >= 11 is 0. The van der Waals surface area contributed by atoms with Gasteiger partial charge in [-0.15, -0.1) is 0 Å². The molecule has 0 unspecified atom stereocenters. The van der Waals surface area contributed by atoms with Crippen LogP contribution in [0.4, 0.5) is 5.69 Å². The second-order valence-electron chi connectivity index (χ2n) is 8.37. The number of anilines is 1. The number of nitrogens with one attached hydrogen (secondary N) is 1. The van der Waals surface area contributed by atoms with Crippen molar-refractivity contribution >= 4 is 14.5 Å². The van der Waals surface area contributed by atoms with Crippen LogP contribution in [0.1, 0.15) is 45.6 Å². The van der Waals surface area contributed by atoms with Crippen LogP contribution >= 0.6 is 8.86 Å². The maximum atomic E-state index is 11.6. The zero-order chi connectivity index (χ0) is 17.6. The van der Waals surface area contributed by atoms with Gasteiger partial charge < -0.3 is 14.4 Å². The fourth-order valence-electron chi connectivity index (χ4n) is 4.21. The summed E-state index contributed by atoms with van der Waals surface area (Å²) in [7, 11) is -4.29. The molecule has 0 aromatic heterocycles. The number of fused-ring (bicyclic) bond motifs is 1. The van der Waals surface area contributed by atoms with Crippen molar-refractivity contribution in [1.82, 2.24) is 0 Å². The minimum absolute atomic E-state index is 0.0183. The molecule has 0 atom stereocenters. The molecule has 0 fully saturated rings. The van der Waals surface area contributed by atoms with Gasteiger partial charge in [0.25, 0.3) is 0 Å². The predicted octanol–water partition coefficient (Wildman–Crippen LogP) is 5.83. The van der Waals surface area contributed by atoms with E-state index in [1.165, 1.54) is 0 Å². The van der Waals surface area contributed by atoms with Crippen LogP contribution in [0.15, 0.2) is 35.4 Å². The molecule has 0 amide bonds. The lowest BCUT2D eigenvalue weighted by Crippen LogP contribution is -2.43. The van der Waals surface area contributed by atoms with Gasteiger partial charge in [0.2, 0.25) is 0 Å². The van der Waals surface area contributed by atoms with Gasteiger partial charge >= 0.3 is 0 Å². The molecule has 1 aliphatic heterocycles. The molecule has 0 spiro atoms. The van der Waals surface area contributed by atoms with Crippen molar-refractivity contribution in [3.63, 3.8) is 0 Å². The minimum atomic E-state index is -4.29. The molecular formula is C19H33NO2S. The summed E-state index contributed by atoms with van der Waals surface area (Å²) in [4.78, 5) is 0.737. The maximum absolute atomic E-state index is 11.6. The lowest BCUT2D eigenvalue weighted by Gasteiger charge is -2.75. The van der Waals surface area contributed by atoms with E-state index in [0.717, 1.165) is 47.5 Å². The van der Waals surface area contributed by atoms with E-state index in [1.807, 2.05) is 19.1 Å². The van der Waals surface area contributed by atoms with E-state index in [4.69, 9.17) is 0 Å². The number of benzene rings is 1. The average molecular weight is 340 g/mol. The van der Waals surface area contributed by atoms with Crippen molar-refractivity contribution in [1.29, 1.82) is 0 Å². The molecule has 4 heteroatoms. The molecule has 0 saturated carbocycles. The summed E-state index contributed by atoms with van der Waals surface area (Å²) in [5, 5.41) is 3.23. The Morgan fingerprint density at radius 3 is 2.39 bits per heavy atom. The van der Waals surface area contributed by atoms with Crippen LogP contribution < -0.4 is 5.32 Å². The van der Waals surface area contributed by atoms with Gasteiger partial charge in [0.05, 0.1) is 0 Å². The van der Waals surface area contributed by atoms with E-state index in [2.05, 4.69) is 31.8 Å². The van der Waals surface area contributed by atoms with E-state index >= 15 is 0 Å². The molecule has 1 aromatic rings. The van der Waals surface area contributed by atoms with Crippen molar-refractivity contribution < 1.29 is 9.11 Å². The molecule has 2 rings (SSSR count). The van der Waals surface area contributed by atoms with Gasteiger partial charge in [-0.3, -0.25) is 8.86 Å². The Kier molecular flexibility index (Phi) is 4.00. The highest BCUT2D eigenvalue weighted by atomic mass is 32.4. The van der Waals surface area contributed by atoms with E-state index in [1.54, 1.807) is 12.5 Å². The van der Waals surface area contributed by atoms with E-state index < -0.39 is 8.86 Å². The predicted molar refractivity (Wildman–Crippen MR) is 104 cm³/mol. The molecule has 0 saturated heterocycles. The Hall–Kier alpha value is -0.970. The van der Waals surface area contributed by atoms with Crippen molar-refractivity contribution in [2.24, 2.45) is 5.41 Å². The molecular weight excluding hydrogens is 306 g/mol. The number of hydrogen-bond donors (Lipinski definition) is 3. The Morgan fingerprint density at radius 1 is 1.26 bits per heavy atom. The fraction of sp³-hybridized carbons (Fsp3) is 0.579. The molecule has 0 bridgehead atoms. The molecule has 0 aliphatic carbocycles. The molecule has 1 aliphatic rings. The smallest absolute Gasteiger partial charge is 0.0385 e. The summed E-state index contributed by atoms with van der Waals surface area (Å²) in [6, 6.07) is 5.90. The second kappa shape index (κ2) is 5.01. The highest BCUT2D eigenvalue weighted by Gasteiger charge is 2.51. The Morgan fingerprint density at radius 2 is 1.87 bits per heavy atom. The highest BCUT2D eigenvalue weighted by Crippen LogP contribution is 2.86. The number of aryl methyl sites for hydroxylation is 1. The first-order chi connectivity index (χ1) is 10.3. The van der Waals surface area contributed by atoms with Crippen LogP contribution in [0.3, 0.4) is 0 Å². The number of rotatable bonds is 4. The normalized spacial score (nSPS) is 26.4. The first kappa shape index (κ1) is 18.4. The van der Waals surface area contributed by atoms with Crippen molar-refractivity contribution in [3.8, 4) is 0 Å². The summed E-state index contributed by atoms with van der Waals surface area (Å²) < 4.78 is 23.3. The Labute approximate surface area is 140 Å². The fourth-order valence-corrected chi connectivity index (χ4v) is 8.66. The summed E-state index contributed by atoms with van der Waals surface area (Å²) in [5.74, 6) is 0.459. The average Bonchev–Trinajstić information content (AvgIpc) is 2.49. The topological polar surface area (TPSA) is 52.5 Å². The monoisotopic (exact) mass is 339 g/mol. The van der Waals surface area contributed by atoms with Gasteiger partial charge in [-0.05, 0) is 61.8 Å². The summed E-state index contributed by atoms with van der Waals surface area (Å²) in [5.41, 5.74) is 2.87. The molecule has 1 heterocycles.